The lowest BCUT2D eigenvalue weighted by atomic mass is 10.1. The molecule has 3 aromatic carbocycles. The molecular weight excluding hydrogens is 667 g/mol. The largest absolute Gasteiger partial charge is 0.490 e. The van der Waals surface area contributed by atoms with Crippen LogP contribution < -0.4 is 9.47 Å². The Labute approximate surface area is 233 Å². The van der Waals surface area contributed by atoms with E-state index in [2.05, 4.69) is 43.5 Å². The normalized spacial score (nSPS) is 13.9. The SMILES string of the molecule is CCOc1cc(/C=C2\N=C(c3ccc([N+](=O)[O-])cc3Cl)OC2=O)cc(Br)c1OCc1ccccc1I. The van der Waals surface area contributed by atoms with E-state index in [4.69, 9.17) is 25.8 Å². The van der Waals surface area contributed by atoms with Crippen molar-refractivity contribution >= 4 is 73.8 Å². The van der Waals surface area contributed by atoms with Crippen LogP contribution in [0.4, 0.5) is 5.69 Å². The van der Waals surface area contributed by atoms with Crippen LogP contribution >= 0.6 is 50.1 Å². The smallest absolute Gasteiger partial charge is 0.363 e. The molecule has 0 N–H and O–H groups in total. The third-order valence-corrected chi connectivity index (χ3v) is 6.93. The molecule has 0 amide bonds. The maximum atomic E-state index is 12.5. The van der Waals surface area contributed by atoms with Gasteiger partial charge in [-0.3, -0.25) is 10.1 Å². The van der Waals surface area contributed by atoms with Crippen molar-refractivity contribution in [3.8, 4) is 11.5 Å². The lowest BCUT2D eigenvalue weighted by molar-refractivity contribution is -0.384. The van der Waals surface area contributed by atoms with Crippen molar-refractivity contribution in [2.24, 2.45) is 4.99 Å². The summed E-state index contributed by atoms with van der Waals surface area (Å²) >= 11 is 12.0. The second kappa shape index (κ2) is 11.4. The standard InChI is InChI=1S/C25H17BrClIN2O6/c1-2-34-22-11-14(9-18(26)23(22)35-13-15-5-3-4-6-20(15)28)10-21-25(31)36-24(29-21)17-8-7-16(30(32)33)12-19(17)27/h3-12H,2,13H2,1H3/b21-10-. The monoisotopic (exact) mass is 682 g/mol. The molecule has 8 nitrogen and oxygen atoms in total. The zero-order valence-electron chi connectivity index (χ0n) is 18.7. The number of hydrogen-bond acceptors (Lipinski definition) is 7. The molecule has 11 heteroatoms. The number of nitro groups is 1. The number of cyclic esters (lactones) is 1. The van der Waals surface area contributed by atoms with E-state index in [9.17, 15) is 14.9 Å². The van der Waals surface area contributed by atoms with Crippen LogP contribution in [-0.4, -0.2) is 23.4 Å². The third-order valence-electron chi connectivity index (χ3n) is 4.98. The van der Waals surface area contributed by atoms with Crippen LogP contribution in [0.2, 0.25) is 5.02 Å². The van der Waals surface area contributed by atoms with E-state index in [1.165, 1.54) is 18.2 Å². The predicted molar refractivity (Wildman–Crippen MR) is 148 cm³/mol. The Bertz CT molecular complexity index is 1430. The molecule has 4 rings (SSSR count). The summed E-state index contributed by atoms with van der Waals surface area (Å²) in [4.78, 5) is 27.1. The maximum absolute atomic E-state index is 12.5. The quantitative estimate of drug-likeness (QED) is 0.0839. The van der Waals surface area contributed by atoms with E-state index >= 15 is 0 Å². The van der Waals surface area contributed by atoms with Crippen molar-refractivity contribution in [2.45, 2.75) is 13.5 Å². The summed E-state index contributed by atoms with van der Waals surface area (Å²) in [6, 6.07) is 15.3. The number of nitrogens with zero attached hydrogens (tertiary/aromatic N) is 2. The Morgan fingerprint density at radius 3 is 2.67 bits per heavy atom. The first kappa shape index (κ1) is 26.1. The fraction of sp³-hybridized carbons (Fsp3) is 0.120. The molecular formula is C25H17BrClIN2O6. The highest BCUT2D eigenvalue weighted by atomic mass is 127. The molecule has 1 aliphatic heterocycles. The van der Waals surface area contributed by atoms with Gasteiger partial charge in [-0.25, -0.2) is 9.79 Å². The molecule has 0 fully saturated rings. The highest BCUT2D eigenvalue weighted by Gasteiger charge is 2.27. The van der Waals surface area contributed by atoms with Gasteiger partial charge in [0, 0.05) is 21.3 Å². The van der Waals surface area contributed by atoms with Crippen LogP contribution in [0.3, 0.4) is 0 Å². The summed E-state index contributed by atoms with van der Waals surface area (Å²) in [6.45, 7) is 2.63. The zero-order chi connectivity index (χ0) is 25.8. The Kier molecular flexibility index (Phi) is 8.27. The number of esters is 1. The van der Waals surface area contributed by atoms with Crippen LogP contribution in [0.1, 0.15) is 23.6 Å². The summed E-state index contributed by atoms with van der Waals surface area (Å²) < 4.78 is 18.9. The van der Waals surface area contributed by atoms with Crippen molar-refractivity contribution in [2.75, 3.05) is 6.61 Å². The average molecular weight is 684 g/mol. The second-order valence-corrected chi connectivity index (χ2v) is 9.82. The predicted octanol–water partition coefficient (Wildman–Crippen LogP) is 6.94. The summed E-state index contributed by atoms with van der Waals surface area (Å²) in [5.74, 6) is 0.327. The van der Waals surface area contributed by atoms with Gasteiger partial charge < -0.3 is 14.2 Å². The molecule has 1 heterocycles. The number of carbonyl (C=O) groups excluding carboxylic acids is 1. The average Bonchev–Trinajstić information content (AvgIpc) is 3.19. The Morgan fingerprint density at radius 1 is 1.19 bits per heavy atom. The van der Waals surface area contributed by atoms with Crippen LogP contribution in [0, 0.1) is 13.7 Å². The molecule has 0 atom stereocenters. The molecule has 184 valence electrons. The van der Waals surface area contributed by atoms with E-state index in [-0.39, 0.29) is 27.9 Å². The summed E-state index contributed by atoms with van der Waals surface area (Å²) in [5, 5.41) is 11.0. The fourth-order valence-corrected chi connectivity index (χ4v) is 4.69. The zero-order valence-corrected chi connectivity index (χ0v) is 23.2. The molecule has 0 saturated carbocycles. The fourth-order valence-electron chi connectivity index (χ4n) is 3.31. The van der Waals surface area contributed by atoms with E-state index < -0.39 is 10.9 Å². The van der Waals surface area contributed by atoms with Crippen LogP contribution in [0.25, 0.3) is 6.08 Å². The van der Waals surface area contributed by atoms with Crippen LogP contribution in [-0.2, 0) is 16.1 Å². The third kappa shape index (κ3) is 5.88. The minimum atomic E-state index is -0.674. The molecule has 36 heavy (non-hydrogen) atoms. The van der Waals surface area contributed by atoms with Gasteiger partial charge in [0.05, 0.1) is 26.6 Å². The van der Waals surface area contributed by atoms with Crippen molar-refractivity contribution in [3.05, 3.63) is 100 Å². The first-order chi connectivity index (χ1) is 17.3. The lowest BCUT2D eigenvalue weighted by Gasteiger charge is -2.15. The summed E-state index contributed by atoms with van der Waals surface area (Å²) in [7, 11) is 0. The number of halogens is 3. The maximum Gasteiger partial charge on any atom is 0.363 e. The molecule has 1 aliphatic rings. The number of aliphatic imine (C=N–C) groups is 1. The number of carbonyl (C=O) groups is 1. The van der Waals surface area contributed by atoms with Gasteiger partial charge in [-0.1, -0.05) is 29.8 Å². The van der Waals surface area contributed by atoms with Gasteiger partial charge in [-0.15, -0.1) is 0 Å². The van der Waals surface area contributed by atoms with Gasteiger partial charge in [-0.2, -0.15) is 0 Å². The first-order valence-electron chi connectivity index (χ1n) is 10.6. The van der Waals surface area contributed by atoms with Crippen LogP contribution in [0.15, 0.2) is 69.8 Å². The number of benzene rings is 3. The topological polar surface area (TPSA) is 100 Å². The second-order valence-electron chi connectivity index (χ2n) is 7.40. The molecule has 0 saturated heterocycles. The number of nitro benzene ring substituents is 1. The summed E-state index contributed by atoms with van der Waals surface area (Å²) in [6.07, 6.45) is 1.55. The molecule has 0 unspecified atom stereocenters. The summed E-state index contributed by atoms with van der Waals surface area (Å²) in [5.41, 5.74) is 1.80. The molecule has 0 radical (unpaired) electrons. The Morgan fingerprint density at radius 2 is 1.97 bits per heavy atom. The van der Waals surface area contributed by atoms with E-state index in [0.717, 1.165) is 9.13 Å². The first-order valence-corrected chi connectivity index (χ1v) is 12.8. The minimum absolute atomic E-state index is 0.0346. The van der Waals surface area contributed by atoms with Gasteiger partial charge in [0.1, 0.15) is 6.61 Å². The van der Waals surface area contributed by atoms with Crippen molar-refractivity contribution in [1.82, 2.24) is 0 Å². The number of ether oxygens (including phenoxy) is 3. The number of rotatable bonds is 8. The minimum Gasteiger partial charge on any atom is -0.490 e. The van der Waals surface area contributed by atoms with E-state index in [0.29, 0.717) is 34.7 Å². The molecule has 3 aromatic rings. The van der Waals surface area contributed by atoms with Crippen molar-refractivity contribution in [3.63, 3.8) is 0 Å². The molecule has 0 bridgehead atoms. The molecule has 0 spiro atoms. The van der Waals surface area contributed by atoms with E-state index in [1.807, 2.05) is 31.2 Å². The number of non-ortho nitro benzene ring substituents is 1. The highest BCUT2D eigenvalue weighted by molar-refractivity contribution is 14.1. The van der Waals surface area contributed by atoms with E-state index in [1.54, 1.807) is 18.2 Å². The molecule has 0 aromatic heterocycles. The highest BCUT2D eigenvalue weighted by Crippen LogP contribution is 2.38. The van der Waals surface area contributed by atoms with Crippen molar-refractivity contribution in [1.29, 1.82) is 0 Å². The lowest BCUT2D eigenvalue weighted by Crippen LogP contribution is -2.06. The van der Waals surface area contributed by atoms with Gasteiger partial charge in [0.25, 0.3) is 5.69 Å². The Balaban J connectivity index is 1.63. The van der Waals surface area contributed by atoms with Gasteiger partial charge in [-0.05, 0) is 81.3 Å². The van der Waals surface area contributed by atoms with Crippen molar-refractivity contribution < 1.29 is 23.9 Å². The molecule has 0 aliphatic carbocycles. The van der Waals surface area contributed by atoms with Gasteiger partial charge in [0.2, 0.25) is 5.90 Å². The van der Waals surface area contributed by atoms with Gasteiger partial charge >= 0.3 is 5.97 Å². The number of hydrogen-bond donors (Lipinski definition) is 0. The van der Waals surface area contributed by atoms with Gasteiger partial charge in [0.15, 0.2) is 17.2 Å². The Hall–Kier alpha value is -2.96. The van der Waals surface area contributed by atoms with Crippen LogP contribution in [0.5, 0.6) is 11.5 Å².